The molecule has 0 aromatic carbocycles. The Morgan fingerprint density at radius 1 is 1.09 bits per heavy atom. The Balaban J connectivity index is 1.27. The summed E-state index contributed by atoms with van der Waals surface area (Å²) in [5, 5.41) is 12.2. The summed E-state index contributed by atoms with van der Waals surface area (Å²) in [7, 11) is 0. The lowest BCUT2D eigenvalue weighted by molar-refractivity contribution is 0.479. The van der Waals surface area contributed by atoms with Gasteiger partial charge in [-0.2, -0.15) is 0 Å². The Morgan fingerprint density at radius 2 is 1.94 bits per heavy atom. The molecule has 0 saturated carbocycles. The predicted octanol–water partition coefficient (Wildman–Crippen LogP) is 4.76. The Kier molecular flexibility index (Phi) is 5.71. The largest absolute Gasteiger partial charge is 0.467 e. The quantitative estimate of drug-likeness (QED) is 0.323. The first-order valence-corrected chi connectivity index (χ1v) is 13.0. The van der Waals surface area contributed by atoms with Crippen LogP contribution in [0.2, 0.25) is 0 Å². The molecule has 1 saturated heterocycles. The summed E-state index contributed by atoms with van der Waals surface area (Å²) in [5.74, 6) is 3.43. The molecule has 1 aliphatic rings. The van der Waals surface area contributed by atoms with Gasteiger partial charge in [0.1, 0.15) is 22.2 Å². The van der Waals surface area contributed by atoms with Gasteiger partial charge in [0.15, 0.2) is 5.16 Å². The van der Waals surface area contributed by atoms with Crippen LogP contribution in [0, 0.1) is 0 Å². The summed E-state index contributed by atoms with van der Waals surface area (Å²) < 4.78 is 13.2. The molecule has 0 atom stereocenters. The number of furan rings is 2. The second kappa shape index (κ2) is 9.15. The van der Waals surface area contributed by atoms with E-state index in [0.717, 1.165) is 48.4 Å². The molecule has 11 heteroatoms. The maximum atomic E-state index is 12.9. The van der Waals surface area contributed by atoms with E-state index in [2.05, 4.69) is 24.6 Å². The lowest BCUT2D eigenvalue weighted by atomic mass is 10.1. The van der Waals surface area contributed by atoms with Gasteiger partial charge in [-0.1, -0.05) is 11.8 Å². The van der Waals surface area contributed by atoms with Gasteiger partial charge in [-0.15, -0.1) is 21.5 Å². The first-order chi connectivity index (χ1) is 16.8. The summed E-state index contributed by atoms with van der Waals surface area (Å²) in [4.78, 5) is 23.5. The topological polar surface area (TPSA) is 106 Å². The molecule has 1 N–H and O–H groups in total. The Morgan fingerprint density at radius 3 is 2.74 bits per heavy atom. The van der Waals surface area contributed by atoms with Crippen LogP contribution in [0.3, 0.4) is 0 Å². The number of thioether (sulfide) groups is 1. The van der Waals surface area contributed by atoms with Gasteiger partial charge in [-0.05, 0) is 43.5 Å². The van der Waals surface area contributed by atoms with Crippen LogP contribution >= 0.6 is 23.1 Å². The standard InChI is InChI=1S/C23H22N6O3S2/c30-20-19-16(17-7-5-11-32-17)13-33-21(19)25-18(24-20)14-34-23-27-26-22(28-8-2-1-3-9-28)29(23)12-15-6-4-10-31-15/h4-7,10-11,13H,1-3,8-9,12,14H2,(H,24,25,30). The second-order valence-corrected chi connectivity index (χ2v) is 9.90. The number of thiophene rings is 1. The second-order valence-electron chi connectivity index (χ2n) is 8.10. The molecule has 1 fully saturated rings. The van der Waals surface area contributed by atoms with E-state index in [1.165, 1.54) is 29.5 Å². The van der Waals surface area contributed by atoms with E-state index in [9.17, 15) is 4.79 Å². The minimum atomic E-state index is -0.167. The average molecular weight is 495 g/mol. The van der Waals surface area contributed by atoms with E-state index in [4.69, 9.17) is 13.8 Å². The van der Waals surface area contributed by atoms with Gasteiger partial charge in [0, 0.05) is 24.0 Å². The van der Waals surface area contributed by atoms with Crippen LogP contribution in [0.1, 0.15) is 30.8 Å². The van der Waals surface area contributed by atoms with Gasteiger partial charge >= 0.3 is 0 Å². The maximum absolute atomic E-state index is 12.9. The zero-order valence-corrected chi connectivity index (χ0v) is 19.9. The molecule has 174 valence electrons. The molecule has 5 aromatic heterocycles. The van der Waals surface area contributed by atoms with Crippen molar-refractivity contribution in [2.45, 2.75) is 36.7 Å². The van der Waals surface area contributed by atoms with Crippen molar-refractivity contribution in [3.8, 4) is 11.3 Å². The molecule has 6 rings (SSSR count). The van der Waals surface area contributed by atoms with Gasteiger partial charge in [0.05, 0.1) is 30.2 Å². The normalized spacial score (nSPS) is 14.3. The monoisotopic (exact) mass is 494 g/mol. The highest BCUT2D eigenvalue weighted by atomic mass is 32.2. The van der Waals surface area contributed by atoms with Crippen LogP contribution < -0.4 is 10.5 Å². The first kappa shape index (κ1) is 21.2. The Bertz CT molecular complexity index is 1450. The molecule has 9 nitrogen and oxygen atoms in total. The molecule has 0 radical (unpaired) electrons. The molecule has 5 aromatic rings. The SMILES string of the molecule is O=c1[nH]c(CSc2nnc(N3CCCCC3)n2Cc2ccco2)nc2scc(-c3ccco3)c12. The molecule has 0 bridgehead atoms. The average Bonchev–Trinajstić information content (AvgIpc) is 3.66. The molecular weight excluding hydrogens is 472 g/mol. The Hall–Kier alpha value is -3.31. The lowest BCUT2D eigenvalue weighted by Crippen LogP contribution is -2.32. The molecular formula is C23H22N6O3S2. The molecule has 0 unspecified atom stereocenters. The highest BCUT2D eigenvalue weighted by Gasteiger charge is 2.22. The van der Waals surface area contributed by atoms with Crippen molar-refractivity contribution in [2.75, 3.05) is 18.0 Å². The van der Waals surface area contributed by atoms with E-state index in [-0.39, 0.29) is 5.56 Å². The number of anilines is 1. The first-order valence-electron chi connectivity index (χ1n) is 11.1. The lowest BCUT2D eigenvalue weighted by Gasteiger charge is -2.27. The number of piperidine rings is 1. The van der Waals surface area contributed by atoms with E-state index in [1.807, 2.05) is 29.6 Å². The predicted molar refractivity (Wildman–Crippen MR) is 131 cm³/mol. The summed E-state index contributed by atoms with van der Waals surface area (Å²) in [5.41, 5.74) is 0.599. The van der Waals surface area contributed by atoms with Crippen molar-refractivity contribution in [2.24, 2.45) is 0 Å². The van der Waals surface area contributed by atoms with Gasteiger partial charge in [0.25, 0.3) is 5.56 Å². The van der Waals surface area contributed by atoms with E-state index < -0.39 is 0 Å². The highest BCUT2D eigenvalue weighted by molar-refractivity contribution is 7.98. The minimum absolute atomic E-state index is 0.167. The van der Waals surface area contributed by atoms with Gasteiger partial charge in [-0.3, -0.25) is 9.36 Å². The number of aromatic amines is 1. The van der Waals surface area contributed by atoms with E-state index >= 15 is 0 Å². The van der Waals surface area contributed by atoms with Crippen molar-refractivity contribution in [1.82, 2.24) is 24.7 Å². The number of hydrogen-bond donors (Lipinski definition) is 1. The molecule has 0 aliphatic carbocycles. The molecule has 6 heterocycles. The molecule has 34 heavy (non-hydrogen) atoms. The summed E-state index contributed by atoms with van der Waals surface area (Å²) in [6, 6.07) is 7.49. The van der Waals surface area contributed by atoms with Crippen LogP contribution in [0.15, 0.2) is 61.0 Å². The number of nitrogens with zero attached hydrogens (tertiary/aromatic N) is 5. The number of aromatic nitrogens is 5. The fraction of sp³-hybridized carbons (Fsp3) is 0.304. The van der Waals surface area contributed by atoms with Crippen molar-refractivity contribution in [3.05, 3.63) is 64.1 Å². The summed E-state index contributed by atoms with van der Waals surface area (Å²) in [6.07, 6.45) is 6.83. The number of fused-ring (bicyclic) bond motifs is 1. The minimum Gasteiger partial charge on any atom is -0.467 e. The zero-order chi connectivity index (χ0) is 22.9. The van der Waals surface area contributed by atoms with Crippen molar-refractivity contribution in [3.63, 3.8) is 0 Å². The number of rotatable bonds is 7. The molecule has 1 aliphatic heterocycles. The number of H-pyrrole nitrogens is 1. The van der Waals surface area contributed by atoms with E-state index in [1.54, 1.807) is 12.5 Å². The van der Waals surface area contributed by atoms with Crippen LogP contribution in [0.4, 0.5) is 5.95 Å². The van der Waals surface area contributed by atoms with Crippen molar-refractivity contribution >= 4 is 39.3 Å². The summed E-state index contributed by atoms with van der Waals surface area (Å²) in [6.45, 7) is 2.50. The van der Waals surface area contributed by atoms with Crippen LogP contribution in [-0.2, 0) is 12.3 Å². The van der Waals surface area contributed by atoms with E-state index in [0.29, 0.717) is 34.1 Å². The number of hydrogen-bond acceptors (Lipinski definition) is 9. The number of nitrogens with one attached hydrogen (secondary N) is 1. The van der Waals surface area contributed by atoms with Crippen molar-refractivity contribution in [1.29, 1.82) is 0 Å². The molecule has 0 amide bonds. The fourth-order valence-electron chi connectivity index (χ4n) is 4.22. The third-order valence-electron chi connectivity index (χ3n) is 5.85. The third kappa shape index (κ3) is 4.05. The van der Waals surface area contributed by atoms with Gasteiger partial charge in [0.2, 0.25) is 5.95 Å². The maximum Gasteiger partial charge on any atom is 0.260 e. The summed E-state index contributed by atoms with van der Waals surface area (Å²) >= 11 is 2.94. The van der Waals surface area contributed by atoms with Crippen LogP contribution in [0.25, 0.3) is 21.5 Å². The van der Waals surface area contributed by atoms with Crippen molar-refractivity contribution < 1.29 is 8.83 Å². The van der Waals surface area contributed by atoms with Crippen LogP contribution in [-0.4, -0.2) is 37.8 Å². The highest BCUT2D eigenvalue weighted by Crippen LogP contribution is 2.32. The van der Waals surface area contributed by atoms with Gasteiger partial charge in [-0.25, -0.2) is 4.98 Å². The third-order valence-corrected chi connectivity index (χ3v) is 7.70. The molecule has 0 spiro atoms. The van der Waals surface area contributed by atoms with Crippen LogP contribution in [0.5, 0.6) is 0 Å². The smallest absolute Gasteiger partial charge is 0.260 e. The zero-order valence-electron chi connectivity index (χ0n) is 18.3. The van der Waals surface area contributed by atoms with Gasteiger partial charge < -0.3 is 18.7 Å². The Labute approximate surface area is 202 Å². The fourth-order valence-corrected chi connectivity index (χ4v) is 5.97.